The van der Waals surface area contributed by atoms with Gasteiger partial charge in [-0.3, -0.25) is 10.1 Å². The van der Waals surface area contributed by atoms with Crippen LogP contribution in [0.5, 0.6) is 11.5 Å². The van der Waals surface area contributed by atoms with Crippen LogP contribution in [0.1, 0.15) is 11.1 Å². The third-order valence-corrected chi connectivity index (χ3v) is 4.21. The van der Waals surface area contributed by atoms with E-state index in [-0.39, 0.29) is 17.0 Å². The van der Waals surface area contributed by atoms with Gasteiger partial charge in [-0.2, -0.15) is 5.26 Å². The van der Waals surface area contributed by atoms with Crippen LogP contribution in [0.2, 0.25) is 0 Å². The van der Waals surface area contributed by atoms with Crippen molar-refractivity contribution < 1.29 is 14.4 Å². The number of nitrogens with zero attached hydrogens (tertiary/aromatic N) is 2. The first-order valence-electron chi connectivity index (χ1n) is 8.08. The van der Waals surface area contributed by atoms with Gasteiger partial charge in [-0.25, -0.2) is 0 Å². The number of rotatable bonds is 5. The zero-order chi connectivity index (χ0) is 19.4. The van der Waals surface area contributed by atoms with Crippen molar-refractivity contribution >= 4 is 28.1 Å². The van der Waals surface area contributed by atoms with E-state index < -0.39 is 4.92 Å². The number of nitriles is 1. The van der Waals surface area contributed by atoms with Gasteiger partial charge in [0.25, 0.3) is 5.69 Å². The predicted octanol–water partition coefficient (Wildman–Crippen LogP) is 4.83. The van der Waals surface area contributed by atoms with Gasteiger partial charge in [0.15, 0.2) is 11.5 Å². The molecule has 3 aromatic carbocycles. The second-order valence-corrected chi connectivity index (χ2v) is 5.75. The maximum Gasteiger partial charge on any atom is 0.280 e. The van der Waals surface area contributed by atoms with Crippen LogP contribution < -0.4 is 9.47 Å². The third kappa shape index (κ3) is 3.58. The molecule has 6 nitrogen and oxygen atoms in total. The first-order chi connectivity index (χ1) is 13.1. The maximum absolute atomic E-state index is 11.5. The fourth-order valence-corrected chi connectivity index (χ4v) is 2.85. The predicted molar refractivity (Wildman–Crippen MR) is 104 cm³/mol. The highest BCUT2D eigenvalue weighted by molar-refractivity contribution is 5.95. The molecule has 0 amide bonds. The van der Waals surface area contributed by atoms with E-state index in [0.717, 1.165) is 10.8 Å². The van der Waals surface area contributed by atoms with E-state index in [9.17, 15) is 15.4 Å². The minimum absolute atomic E-state index is 0.166. The summed E-state index contributed by atoms with van der Waals surface area (Å²) >= 11 is 0. The molecule has 3 aromatic rings. The molecule has 0 N–H and O–H groups in total. The van der Waals surface area contributed by atoms with Crippen LogP contribution in [0.3, 0.4) is 0 Å². The van der Waals surface area contributed by atoms with Crippen LogP contribution >= 0.6 is 0 Å². The van der Waals surface area contributed by atoms with E-state index in [1.165, 1.54) is 32.4 Å². The van der Waals surface area contributed by atoms with E-state index in [1.54, 1.807) is 0 Å². The number of hydrogen-bond donors (Lipinski definition) is 0. The Hall–Kier alpha value is -3.85. The molecule has 0 saturated carbocycles. The lowest BCUT2D eigenvalue weighted by Crippen LogP contribution is -1.97. The summed E-state index contributed by atoms with van der Waals surface area (Å²) < 4.78 is 10.4. The van der Waals surface area contributed by atoms with Gasteiger partial charge in [-0.15, -0.1) is 0 Å². The van der Waals surface area contributed by atoms with Gasteiger partial charge in [-0.05, 0) is 34.5 Å². The van der Waals surface area contributed by atoms with Gasteiger partial charge < -0.3 is 9.47 Å². The van der Waals surface area contributed by atoms with Crippen molar-refractivity contribution in [2.24, 2.45) is 0 Å². The van der Waals surface area contributed by atoms with Gasteiger partial charge in [0.1, 0.15) is 0 Å². The molecule has 0 heterocycles. The molecule has 0 aliphatic carbocycles. The summed E-state index contributed by atoms with van der Waals surface area (Å²) in [5.74, 6) is 0.607. The van der Waals surface area contributed by atoms with Gasteiger partial charge in [0, 0.05) is 0 Å². The van der Waals surface area contributed by atoms with Gasteiger partial charge >= 0.3 is 0 Å². The van der Waals surface area contributed by atoms with Crippen LogP contribution in [0, 0.1) is 21.4 Å². The number of ether oxygens (including phenoxy) is 2. The molecule has 0 unspecified atom stereocenters. The molecule has 0 bridgehead atoms. The van der Waals surface area contributed by atoms with Crippen molar-refractivity contribution in [2.45, 2.75) is 0 Å². The number of allylic oxidation sites excluding steroid dienone is 1. The quantitative estimate of drug-likeness (QED) is 0.281. The molecular formula is C21H16N2O4. The second kappa shape index (κ2) is 7.58. The summed E-state index contributed by atoms with van der Waals surface area (Å²) in [6, 6.07) is 18.3. The maximum atomic E-state index is 11.5. The zero-order valence-electron chi connectivity index (χ0n) is 14.8. The normalized spacial score (nSPS) is 11.1. The van der Waals surface area contributed by atoms with Gasteiger partial charge in [-0.1, -0.05) is 36.4 Å². The Morgan fingerprint density at radius 2 is 1.70 bits per heavy atom. The molecule has 0 atom stereocenters. The van der Waals surface area contributed by atoms with Crippen LogP contribution in [0.4, 0.5) is 5.69 Å². The van der Waals surface area contributed by atoms with Crippen molar-refractivity contribution in [1.82, 2.24) is 0 Å². The van der Waals surface area contributed by atoms with Crippen molar-refractivity contribution in [1.29, 1.82) is 5.26 Å². The Morgan fingerprint density at radius 3 is 2.33 bits per heavy atom. The Kier molecular flexibility index (Phi) is 5.04. The number of nitro benzene ring substituents is 1. The smallest absolute Gasteiger partial charge is 0.280 e. The average Bonchev–Trinajstić information content (AvgIpc) is 2.70. The number of benzene rings is 3. The van der Waals surface area contributed by atoms with E-state index in [1.807, 2.05) is 42.5 Å². The molecule has 0 saturated heterocycles. The Balaban J connectivity index is 2.17. The Bertz CT molecular complexity index is 1100. The van der Waals surface area contributed by atoms with Crippen LogP contribution in [-0.4, -0.2) is 19.1 Å². The molecule has 6 heteroatoms. The third-order valence-electron chi connectivity index (χ3n) is 4.21. The van der Waals surface area contributed by atoms with E-state index >= 15 is 0 Å². The first-order valence-corrected chi connectivity index (χ1v) is 8.08. The molecule has 0 aliphatic heterocycles. The van der Waals surface area contributed by atoms with E-state index in [0.29, 0.717) is 16.9 Å². The lowest BCUT2D eigenvalue weighted by atomic mass is 9.99. The molecule has 0 fully saturated rings. The van der Waals surface area contributed by atoms with Gasteiger partial charge in [0.05, 0.1) is 42.4 Å². The molecule has 0 radical (unpaired) electrons. The SMILES string of the molecule is COc1cc(C=C(C#N)c2ccc3ccccc3c2)c([N+](=O)[O-])cc1OC. The minimum atomic E-state index is -0.511. The summed E-state index contributed by atoms with van der Waals surface area (Å²) in [4.78, 5) is 11.0. The number of hydrogen-bond acceptors (Lipinski definition) is 5. The molecule has 3 rings (SSSR count). The molecule has 27 heavy (non-hydrogen) atoms. The lowest BCUT2D eigenvalue weighted by Gasteiger charge is -2.09. The summed E-state index contributed by atoms with van der Waals surface area (Å²) in [6.45, 7) is 0. The first kappa shape index (κ1) is 18.0. The molecule has 0 aliphatic rings. The van der Waals surface area contributed by atoms with E-state index in [2.05, 4.69) is 6.07 Å². The number of methoxy groups -OCH3 is 2. The minimum Gasteiger partial charge on any atom is -0.493 e. The van der Waals surface area contributed by atoms with Crippen LogP contribution in [0.25, 0.3) is 22.4 Å². The monoisotopic (exact) mass is 360 g/mol. The highest BCUT2D eigenvalue weighted by atomic mass is 16.6. The average molecular weight is 360 g/mol. The Labute approximate surface area is 156 Å². The summed E-state index contributed by atoms with van der Waals surface area (Å²) in [5, 5.41) is 23.1. The zero-order valence-corrected chi connectivity index (χ0v) is 14.8. The standard InChI is InChI=1S/C21H16N2O4/c1-26-20-11-17(19(23(24)25)12-21(20)27-2)10-18(13-22)16-8-7-14-5-3-4-6-15(14)9-16/h3-12H,1-2H3. The lowest BCUT2D eigenvalue weighted by molar-refractivity contribution is -0.385. The van der Waals surface area contributed by atoms with Crippen LogP contribution in [-0.2, 0) is 0 Å². The van der Waals surface area contributed by atoms with Crippen molar-refractivity contribution in [3.63, 3.8) is 0 Å². The number of nitro groups is 1. The molecule has 134 valence electrons. The highest BCUT2D eigenvalue weighted by Crippen LogP contribution is 2.36. The van der Waals surface area contributed by atoms with Crippen molar-refractivity contribution in [2.75, 3.05) is 14.2 Å². The Morgan fingerprint density at radius 1 is 1.04 bits per heavy atom. The summed E-state index contributed by atoms with van der Waals surface area (Å²) in [7, 11) is 2.86. The number of fused-ring (bicyclic) bond motifs is 1. The summed E-state index contributed by atoms with van der Waals surface area (Å²) in [5.41, 5.74) is 1.10. The van der Waals surface area contributed by atoms with E-state index in [4.69, 9.17) is 9.47 Å². The van der Waals surface area contributed by atoms with Crippen LogP contribution in [0.15, 0.2) is 54.6 Å². The summed E-state index contributed by atoms with van der Waals surface area (Å²) in [6.07, 6.45) is 1.49. The molecule has 0 aromatic heterocycles. The highest BCUT2D eigenvalue weighted by Gasteiger charge is 2.19. The topological polar surface area (TPSA) is 85.4 Å². The van der Waals surface area contributed by atoms with Crippen molar-refractivity contribution in [3.05, 3.63) is 75.8 Å². The molecular weight excluding hydrogens is 344 g/mol. The van der Waals surface area contributed by atoms with Crippen molar-refractivity contribution in [3.8, 4) is 17.6 Å². The fourth-order valence-electron chi connectivity index (χ4n) is 2.85. The van der Waals surface area contributed by atoms with Gasteiger partial charge in [0.2, 0.25) is 0 Å². The largest absolute Gasteiger partial charge is 0.493 e. The second-order valence-electron chi connectivity index (χ2n) is 5.75. The fraction of sp³-hybridized carbons (Fsp3) is 0.0952. The molecule has 0 spiro atoms.